The Morgan fingerprint density at radius 3 is 2.93 bits per heavy atom. The smallest absolute Gasteiger partial charge is 0.248 e. The zero-order chi connectivity index (χ0) is 9.97. The Morgan fingerprint density at radius 1 is 1.36 bits per heavy atom. The zero-order valence-electron chi connectivity index (χ0n) is 7.91. The molecule has 1 heterocycles. The first kappa shape index (κ1) is 9.34. The number of fused-ring (bicyclic) bond motifs is 1. The van der Waals surface area contributed by atoms with Crippen LogP contribution in [0, 0.1) is 0 Å². The van der Waals surface area contributed by atoms with Gasteiger partial charge in [0.25, 0.3) is 0 Å². The maximum atomic E-state index is 11.3. The first-order valence-electron chi connectivity index (χ1n) is 4.41. The molecule has 0 aliphatic rings. The average molecular weight is 205 g/mol. The molecular weight excluding hydrogens is 194 g/mol. The zero-order valence-corrected chi connectivity index (χ0v) is 8.73. The average Bonchev–Trinajstić information content (AvgIpc) is 2.18. The molecule has 1 aromatic heterocycles. The molecular formula is C11H11NOS. The number of hydrogen-bond acceptors (Lipinski definition) is 2. The number of rotatable bonds is 2. The van der Waals surface area contributed by atoms with Crippen molar-refractivity contribution in [2.75, 3.05) is 6.26 Å². The van der Waals surface area contributed by atoms with Gasteiger partial charge in [-0.05, 0) is 17.9 Å². The molecule has 3 heteroatoms. The normalized spacial score (nSPS) is 10.6. The lowest BCUT2D eigenvalue weighted by atomic mass is 10.1. The van der Waals surface area contributed by atoms with Crippen molar-refractivity contribution in [2.45, 2.75) is 5.75 Å². The number of thioether (sulfide) groups is 1. The lowest BCUT2D eigenvalue weighted by Gasteiger charge is -2.03. The molecule has 14 heavy (non-hydrogen) atoms. The SMILES string of the molecule is CSCc1cc(=O)[nH]c2ccccc12. The Balaban J connectivity index is 2.73. The van der Waals surface area contributed by atoms with Gasteiger partial charge in [-0.15, -0.1) is 0 Å². The Hall–Kier alpha value is -1.22. The molecule has 0 unspecified atom stereocenters. The minimum atomic E-state index is -0.0206. The summed E-state index contributed by atoms with van der Waals surface area (Å²) >= 11 is 1.73. The molecule has 0 amide bonds. The highest BCUT2D eigenvalue weighted by molar-refractivity contribution is 7.97. The Labute approximate surface area is 86.3 Å². The van der Waals surface area contributed by atoms with Crippen LogP contribution in [0.3, 0.4) is 0 Å². The number of H-pyrrole nitrogens is 1. The fourth-order valence-corrected chi connectivity index (χ4v) is 2.10. The van der Waals surface area contributed by atoms with Crippen LogP contribution >= 0.6 is 11.8 Å². The predicted molar refractivity (Wildman–Crippen MR) is 61.8 cm³/mol. The van der Waals surface area contributed by atoms with E-state index in [-0.39, 0.29) is 5.56 Å². The van der Waals surface area contributed by atoms with Gasteiger partial charge in [-0.3, -0.25) is 4.79 Å². The molecule has 0 fully saturated rings. The van der Waals surface area contributed by atoms with Crippen LogP contribution < -0.4 is 5.56 Å². The number of aromatic nitrogens is 1. The molecule has 1 N–H and O–H groups in total. The quantitative estimate of drug-likeness (QED) is 0.816. The van der Waals surface area contributed by atoms with E-state index in [0.29, 0.717) is 0 Å². The van der Waals surface area contributed by atoms with Crippen molar-refractivity contribution in [1.29, 1.82) is 0 Å². The number of pyridine rings is 1. The van der Waals surface area contributed by atoms with Crippen LogP contribution in [0.5, 0.6) is 0 Å². The fourth-order valence-electron chi connectivity index (χ4n) is 1.55. The molecule has 1 aromatic carbocycles. The van der Waals surface area contributed by atoms with Gasteiger partial charge in [0.1, 0.15) is 0 Å². The van der Waals surface area contributed by atoms with Crippen molar-refractivity contribution in [2.24, 2.45) is 0 Å². The summed E-state index contributed by atoms with van der Waals surface area (Å²) in [5.41, 5.74) is 2.01. The molecule has 0 radical (unpaired) electrons. The van der Waals surface area contributed by atoms with Crippen molar-refractivity contribution < 1.29 is 0 Å². The van der Waals surface area contributed by atoms with Crippen molar-refractivity contribution in [3.63, 3.8) is 0 Å². The third-order valence-electron chi connectivity index (χ3n) is 2.14. The van der Waals surface area contributed by atoms with Crippen LogP contribution in [0.15, 0.2) is 35.1 Å². The van der Waals surface area contributed by atoms with Crippen LogP contribution in [0.4, 0.5) is 0 Å². The van der Waals surface area contributed by atoms with Gasteiger partial charge in [-0.25, -0.2) is 0 Å². The third kappa shape index (κ3) is 1.68. The molecule has 0 aliphatic carbocycles. The summed E-state index contributed by atoms with van der Waals surface area (Å²) < 4.78 is 0. The van der Waals surface area contributed by atoms with E-state index in [1.165, 1.54) is 0 Å². The molecule has 2 aromatic rings. The molecule has 0 saturated heterocycles. The topological polar surface area (TPSA) is 32.9 Å². The van der Waals surface area contributed by atoms with Gasteiger partial charge in [-0.1, -0.05) is 18.2 Å². The van der Waals surface area contributed by atoms with E-state index in [2.05, 4.69) is 4.98 Å². The van der Waals surface area contributed by atoms with Gasteiger partial charge in [0.05, 0.1) is 0 Å². The summed E-state index contributed by atoms with van der Waals surface area (Å²) in [5, 5.41) is 1.14. The second kappa shape index (κ2) is 3.88. The van der Waals surface area contributed by atoms with E-state index in [1.54, 1.807) is 17.8 Å². The summed E-state index contributed by atoms with van der Waals surface area (Å²) in [7, 11) is 0. The molecule has 0 saturated carbocycles. The number of nitrogens with one attached hydrogen (secondary N) is 1. The maximum Gasteiger partial charge on any atom is 0.248 e. The highest BCUT2D eigenvalue weighted by Crippen LogP contribution is 2.18. The Kier molecular flexibility index (Phi) is 2.59. The van der Waals surface area contributed by atoms with Gasteiger partial charge in [0.15, 0.2) is 0 Å². The van der Waals surface area contributed by atoms with E-state index in [1.807, 2.05) is 30.5 Å². The van der Waals surface area contributed by atoms with E-state index in [9.17, 15) is 4.79 Å². The second-order valence-corrected chi connectivity index (χ2v) is 4.00. The molecule has 0 spiro atoms. The molecule has 0 bridgehead atoms. The van der Waals surface area contributed by atoms with Gasteiger partial charge >= 0.3 is 0 Å². The lowest BCUT2D eigenvalue weighted by Crippen LogP contribution is -2.05. The molecule has 72 valence electrons. The first-order chi connectivity index (χ1) is 6.81. The highest BCUT2D eigenvalue weighted by atomic mass is 32.2. The maximum absolute atomic E-state index is 11.3. The number of hydrogen-bond donors (Lipinski definition) is 1. The number of benzene rings is 1. The van der Waals surface area contributed by atoms with Crippen molar-refractivity contribution in [3.8, 4) is 0 Å². The van der Waals surface area contributed by atoms with Crippen LogP contribution in [-0.2, 0) is 5.75 Å². The summed E-state index contributed by atoms with van der Waals surface area (Å²) in [6.07, 6.45) is 2.04. The van der Waals surface area contributed by atoms with Crippen molar-refractivity contribution in [1.82, 2.24) is 4.98 Å². The van der Waals surface area contributed by atoms with Crippen LogP contribution in [0.25, 0.3) is 10.9 Å². The predicted octanol–water partition coefficient (Wildman–Crippen LogP) is 2.39. The number of para-hydroxylation sites is 1. The molecule has 2 rings (SSSR count). The summed E-state index contributed by atoms with van der Waals surface area (Å²) in [4.78, 5) is 14.1. The van der Waals surface area contributed by atoms with Crippen molar-refractivity contribution >= 4 is 22.7 Å². The Morgan fingerprint density at radius 2 is 2.14 bits per heavy atom. The monoisotopic (exact) mass is 205 g/mol. The van der Waals surface area contributed by atoms with E-state index in [4.69, 9.17) is 0 Å². The van der Waals surface area contributed by atoms with Gasteiger partial charge in [0.2, 0.25) is 5.56 Å². The van der Waals surface area contributed by atoms with Gasteiger partial charge in [-0.2, -0.15) is 11.8 Å². The van der Waals surface area contributed by atoms with E-state index >= 15 is 0 Å². The minimum Gasteiger partial charge on any atom is -0.322 e. The lowest BCUT2D eigenvalue weighted by molar-refractivity contribution is 1.27. The molecule has 2 nitrogen and oxygen atoms in total. The first-order valence-corrected chi connectivity index (χ1v) is 5.80. The van der Waals surface area contributed by atoms with Crippen LogP contribution in [0.1, 0.15) is 5.56 Å². The van der Waals surface area contributed by atoms with E-state index < -0.39 is 0 Å². The van der Waals surface area contributed by atoms with Crippen molar-refractivity contribution in [3.05, 3.63) is 46.2 Å². The highest BCUT2D eigenvalue weighted by Gasteiger charge is 2.01. The standard InChI is InChI=1S/C11H11NOS/c1-14-7-8-6-11(13)12-10-5-3-2-4-9(8)10/h2-6H,7H2,1H3,(H,12,13). The molecule has 0 atom stereocenters. The fraction of sp³-hybridized carbons (Fsp3) is 0.182. The summed E-state index contributed by atoms with van der Waals surface area (Å²) in [5.74, 6) is 0.879. The second-order valence-electron chi connectivity index (χ2n) is 3.14. The minimum absolute atomic E-state index is 0.0206. The van der Waals surface area contributed by atoms with Crippen LogP contribution in [0.2, 0.25) is 0 Å². The summed E-state index contributed by atoms with van der Waals surface area (Å²) in [6.45, 7) is 0. The number of aromatic amines is 1. The van der Waals surface area contributed by atoms with E-state index in [0.717, 1.165) is 22.2 Å². The Bertz CT molecular complexity index is 504. The van der Waals surface area contributed by atoms with Gasteiger partial charge < -0.3 is 4.98 Å². The van der Waals surface area contributed by atoms with Crippen LogP contribution in [-0.4, -0.2) is 11.2 Å². The summed E-state index contributed by atoms with van der Waals surface area (Å²) in [6, 6.07) is 9.57. The van der Waals surface area contributed by atoms with Gasteiger partial charge in [0, 0.05) is 22.7 Å². The third-order valence-corrected chi connectivity index (χ3v) is 2.74. The molecule has 0 aliphatic heterocycles. The largest absolute Gasteiger partial charge is 0.322 e.